The molecule has 19 heavy (non-hydrogen) atoms. The molecule has 3 nitrogen and oxygen atoms in total. The third-order valence-electron chi connectivity index (χ3n) is 3.07. The van der Waals surface area contributed by atoms with Gasteiger partial charge in [0.15, 0.2) is 0 Å². The Kier molecular flexibility index (Phi) is 2.95. The molecule has 95 valence electrons. The molecule has 1 aromatic carbocycles. The van der Waals surface area contributed by atoms with Crippen LogP contribution in [0.3, 0.4) is 0 Å². The van der Waals surface area contributed by atoms with E-state index in [9.17, 15) is 0 Å². The lowest BCUT2D eigenvalue weighted by Gasteiger charge is -2.09. The van der Waals surface area contributed by atoms with Gasteiger partial charge in [0.2, 0.25) is 5.88 Å². The molecule has 0 aliphatic rings. The first kappa shape index (κ1) is 11.8. The number of pyridine rings is 1. The van der Waals surface area contributed by atoms with Gasteiger partial charge in [-0.2, -0.15) is 0 Å². The molecule has 2 aromatic heterocycles. The van der Waals surface area contributed by atoms with Crippen molar-refractivity contribution in [2.75, 3.05) is 0 Å². The van der Waals surface area contributed by atoms with E-state index < -0.39 is 0 Å². The standard InChI is InChI=1S/C16H14NO2/c1-11-15-14(8-9-18-15)12(2)17-16(11)19-10-13-6-4-3-5-7-13/h3-9H,1,10H2,2H3. The highest BCUT2D eigenvalue weighted by Crippen LogP contribution is 2.28. The molecular formula is C16H14NO2. The molecule has 0 unspecified atom stereocenters. The van der Waals surface area contributed by atoms with Crippen LogP contribution >= 0.6 is 0 Å². The molecule has 0 amide bonds. The van der Waals surface area contributed by atoms with Crippen LogP contribution in [0.15, 0.2) is 47.1 Å². The monoisotopic (exact) mass is 252 g/mol. The Balaban J connectivity index is 1.91. The lowest BCUT2D eigenvalue weighted by atomic mass is 10.2. The second-order valence-corrected chi connectivity index (χ2v) is 4.42. The SMILES string of the molecule is [CH2]c1c(OCc2ccccc2)nc(C)c2ccoc12. The lowest BCUT2D eigenvalue weighted by molar-refractivity contribution is 0.292. The van der Waals surface area contributed by atoms with E-state index >= 15 is 0 Å². The zero-order chi connectivity index (χ0) is 13.2. The molecule has 0 aliphatic carbocycles. The van der Waals surface area contributed by atoms with Gasteiger partial charge in [-0.1, -0.05) is 30.3 Å². The van der Waals surface area contributed by atoms with Gasteiger partial charge >= 0.3 is 0 Å². The van der Waals surface area contributed by atoms with Crippen LogP contribution in [0.4, 0.5) is 0 Å². The van der Waals surface area contributed by atoms with E-state index in [0.717, 1.165) is 22.2 Å². The smallest absolute Gasteiger partial charge is 0.220 e. The molecule has 0 saturated heterocycles. The fraction of sp³-hybridized carbons (Fsp3) is 0.125. The molecule has 0 N–H and O–H groups in total. The minimum Gasteiger partial charge on any atom is -0.472 e. The quantitative estimate of drug-likeness (QED) is 0.709. The first-order valence-electron chi connectivity index (χ1n) is 6.12. The van der Waals surface area contributed by atoms with Gasteiger partial charge in [-0.25, -0.2) is 4.98 Å². The van der Waals surface area contributed by atoms with Gasteiger partial charge in [-0.3, -0.25) is 0 Å². The molecular weight excluding hydrogens is 238 g/mol. The third kappa shape index (κ3) is 2.19. The van der Waals surface area contributed by atoms with Crippen LogP contribution in [0.2, 0.25) is 0 Å². The summed E-state index contributed by atoms with van der Waals surface area (Å²) in [7, 11) is 0. The fourth-order valence-corrected chi connectivity index (χ4v) is 2.05. The predicted octanol–water partition coefficient (Wildman–Crippen LogP) is 3.90. The third-order valence-corrected chi connectivity index (χ3v) is 3.07. The number of rotatable bonds is 3. The average Bonchev–Trinajstić information content (AvgIpc) is 2.92. The maximum absolute atomic E-state index is 5.75. The van der Waals surface area contributed by atoms with Gasteiger partial charge in [0.25, 0.3) is 0 Å². The number of furan rings is 1. The molecule has 0 bridgehead atoms. The Bertz CT molecular complexity index is 701. The van der Waals surface area contributed by atoms with Gasteiger partial charge in [0.1, 0.15) is 12.2 Å². The largest absolute Gasteiger partial charge is 0.472 e. The van der Waals surface area contributed by atoms with Crippen molar-refractivity contribution in [2.45, 2.75) is 13.5 Å². The van der Waals surface area contributed by atoms with E-state index in [1.807, 2.05) is 43.3 Å². The number of ether oxygens (including phenoxy) is 1. The maximum Gasteiger partial charge on any atom is 0.220 e. The van der Waals surface area contributed by atoms with Crippen molar-refractivity contribution in [3.63, 3.8) is 0 Å². The molecule has 1 radical (unpaired) electrons. The van der Waals surface area contributed by atoms with Gasteiger partial charge in [-0.05, 0) is 25.5 Å². The average molecular weight is 252 g/mol. The summed E-state index contributed by atoms with van der Waals surface area (Å²) in [6.07, 6.45) is 1.65. The van der Waals surface area contributed by atoms with Gasteiger partial charge in [0, 0.05) is 5.39 Å². The van der Waals surface area contributed by atoms with Crippen LogP contribution < -0.4 is 4.74 Å². The van der Waals surface area contributed by atoms with E-state index in [1.54, 1.807) is 6.26 Å². The normalized spacial score (nSPS) is 10.8. The zero-order valence-electron chi connectivity index (χ0n) is 10.7. The van der Waals surface area contributed by atoms with Crippen LogP contribution in [0.1, 0.15) is 16.8 Å². The van der Waals surface area contributed by atoms with Crippen molar-refractivity contribution in [3.05, 3.63) is 66.4 Å². The van der Waals surface area contributed by atoms with Crippen molar-refractivity contribution < 1.29 is 9.15 Å². The van der Waals surface area contributed by atoms with Gasteiger partial charge < -0.3 is 9.15 Å². The highest BCUT2D eigenvalue weighted by atomic mass is 16.5. The van der Waals surface area contributed by atoms with Gasteiger partial charge in [0.05, 0.1) is 17.5 Å². The summed E-state index contributed by atoms with van der Waals surface area (Å²) in [6.45, 7) is 6.40. The second-order valence-electron chi connectivity index (χ2n) is 4.42. The van der Waals surface area contributed by atoms with E-state index in [4.69, 9.17) is 9.15 Å². The minimum atomic E-state index is 0.474. The number of aromatic nitrogens is 1. The number of benzene rings is 1. The second kappa shape index (κ2) is 4.76. The number of hydrogen-bond donors (Lipinski definition) is 0. The van der Waals surface area contributed by atoms with E-state index in [-0.39, 0.29) is 0 Å². The molecule has 0 fully saturated rings. The first-order chi connectivity index (χ1) is 9.25. The maximum atomic E-state index is 5.75. The van der Waals surface area contributed by atoms with Crippen LogP contribution in [-0.4, -0.2) is 4.98 Å². The molecule has 0 atom stereocenters. The molecule has 2 heterocycles. The summed E-state index contributed by atoms with van der Waals surface area (Å²) >= 11 is 0. The van der Waals surface area contributed by atoms with Crippen LogP contribution in [-0.2, 0) is 6.61 Å². The highest BCUT2D eigenvalue weighted by molar-refractivity contribution is 5.84. The van der Waals surface area contributed by atoms with Crippen molar-refractivity contribution in [3.8, 4) is 5.88 Å². The Labute approximate surface area is 111 Å². The summed E-state index contributed by atoms with van der Waals surface area (Å²) in [5.74, 6) is 0.531. The van der Waals surface area contributed by atoms with Gasteiger partial charge in [-0.15, -0.1) is 0 Å². The summed E-state index contributed by atoms with van der Waals surface area (Å²) in [6, 6.07) is 11.9. The summed E-state index contributed by atoms with van der Waals surface area (Å²) in [5.41, 5.74) is 3.43. The van der Waals surface area contributed by atoms with Crippen molar-refractivity contribution in [1.29, 1.82) is 0 Å². The Morgan fingerprint density at radius 1 is 1.21 bits per heavy atom. The predicted molar refractivity (Wildman–Crippen MR) is 74.0 cm³/mol. The fourth-order valence-electron chi connectivity index (χ4n) is 2.05. The lowest BCUT2D eigenvalue weighted by Crippen LogP contribution is -2.00. The summed E-state index contributed by atoms with van der Waals surface area (Å²) < 4.78 is 11.2. The zero-order valence-corrected chi connectivity index (χ0v) is 10.7. The molecule has 0 spiro atoms. The number of nitrogens with zero attached hydrogens (tertiary/aromatic N) is 1. The van der Waals surface area contributed by atoms with Crippen molar-refractivity contribution in [2.24, 2.45) is 0 Å². The summed E-state index contributed by atoms with van der Waals surface area (Å²) in [5, 5.41) is 0.983. The first-order valence-corrected chi connectivity index (χ1v) is 6.12. The van der Waals surface area contributed by atoms with E-state index in [1.165, 1.54) is 0 Å². The Morgan fingerprint density at radius 2 is 2.00 bits per heavy atom. The molecule has 3 aromatic rings. The van der Waals surface area contributed by atoms with Crippen molar-refractivity contribution >= 4 is 11.0 Å². The number of hydrogen-bond acceptors (Lipinski definition) is 3. The van der Waals surface area contributed by atoms with Crippen LogP contribution in [0.25, 0.3) is 11.0 Å². The highest BCUT2D eigenvalue weighted by Gasteiger charge is 2.12. The Hall–Kier alpha value is -2.29. The number of fused-ring (bicyclic) bond motifs is 1. The van der Waals surface area contributed by atoms with Crippen LogP contribution in [0.5, 0.6) is 5.88 Å². The molecule has 3 rings (SSSR count). The Morgan fingerprint density at radius 3 is 2.79 bits per heavy atom. The number of aryl methyl sites for hydroxylation is 1. The minimum absolute atomic E-state index is 0.474. The van der Waals surface area contributed by atoms with Crippen molar-refractivity contribution in [1.82, 2.24) is 4.98 Å². The van der Waals surface area contributed by atoms with Crippen LogP contribution in [0, 0.1) is 13.8 Å². The molecule has 3 heteroatoms. The molecule has 0 saturated carbocycles. The molecule has 0 aliphatic heterocycles. The van der Waals surface area contributed by atoms with E-state index in [2.05, 4.69) is 11.9 Å². The topological polar surface area (TPSA) is 35.3 Å². The van der Waals surface area contributed by atoms with E-state index in [0.29, 0.717) is 18.1 Å². The summed E-state index contributed by atoms with van der Waals surface area (Å²) in [4.78, 5) is 4.44.